The van der Waals surface area contributed by atoms with Gasteiger partial charge in [-0.2, -0.15) is 4.98 Å². The highest BCUT2D eigenvalue weighted by atomic mass is 79.9. The van der Waals surface area contributed by atoms with Crippen LogP contribution in [0.4, 0.5) is 5.95 Å². The minimum Gasteiger partial charge on any atom is -0.367 e. The molecule has 13 heavy (non-hydrogen) atoms. The SMILES string of the molecule is Nc1n[nH]c(Cc2ccc(Br)s2)n1. The maximum absolute atomic E-state index is 5.38. The van der Waals surface area contributed by atoms with Crippen LogP contribution in [-0.2, 0) is 6.42 Å². The van der Waals surface area contributed by atoms with E-state index in [2.05, 4.69) is 31.1 Å². The molecule has 4 nitrogen and oxygen atoms in total. The minimum absolute atomic E-state index is 0.297. The molecule has 0 bridgehead atoms. The van der Waals surface area contributed by atoms with Crippen LogP contribution >= 0.6 is 27.3 Å². The van der Waals surface area contributed by atoms with Crippen molar-refractivity contribution in [2.24, 2.45) is 0 Å². The van der Waals surface area contributed by atoms with Crippen molar-refractivity contribution in [2.75, 3.05) is 5.73 Å². The van der Waals surface area contributed by atoms with E-state index in [-0.39, 0.29) is 0 Å². The van der Waals surface area contributed by atoms with Crippen molar-refractivity contribution in [3.05, 3.63) is 26.6 Å². The van der Waals surface area contributed by atoms with Gasteiger partial charge in [0.15, 0.2) is 0 Å². The highest BCUT2D eigenvalue weighted by Gasteiger charge is 2.03. The zero-order valence-electron chi connectivity index (χ0n) is 6.62. The number of hydrogen-bond acceptors (Lipinski definition) is 4. The van der Waals surface area contributed by atoms with Crippen molar-refractivity contribution in [1.29, 1.82) is 0 Å². The maximum Gasteiger partial charge on any atom is 0.239 e. The number of aromatic amines is 1. The number of hydrogen-bond donors (Lipinski definition) is 2. The van der Waals surface area contributed by atoms with Crippen LogP contribution in [0.5, 0.6) is 0 Å². The third-order valence-electron chi connectivity index (χ3n) is 1.52. The normalized spacial score (nSPS) is 10.5. The molecule has 3 N–H and O–H groups in total. The first-order valence-corrected chi connectivity index (χ1v) is 5.26. The van der Waals surface area contributed by atoms with Crippen molar-refractivity contribution in [2.45, 2.75) is 6.42 Å². The predicted octanol–water partition coefficient (Wildman–Crippen LogP) is 1.80. The van der Waals surface area contributed by atoms with E-state index in [4.69, 9.17) is 5.73 Å². The Balaban J connectivity index is 2.14. The Bertz CT molecular complexity index is 370. The fourth-order valence-corrected chi connectivity index (χ4v) is 2.49. The highest BCUT2D eigenvalue weighted by Crippen LogP contribution is 2.23. The number of nitrogens with zero attached hydrogens (tertiary/aromatic N) is 2. The average Bonchev–Trinajstić information content (AvgIpc) is 2.62. The number of aromatic nitrogens is 3. The third-order valence-corrected chi connectivity index (χ3v) is 3.14. The first kappa shape index (κ1) is 8.71. The average molecular weight is 259 g/mol. The molecular formula is C7H7BrN4S. The summed E-state index contributed by atoms with van der Waals surface area (Å²) in [5.41, 5.74) is 5.38. The van der Waals surface area contributed by atoms with E-state index in [9.17, 15) is 0 Å². The summed E-state index contributed by atoms with van der Waals surface area (Å²) < 4.78 is 1.12. The van der Waals surface area contributed by atoms with Crippen LogP contribution in [0.3, 0.4) is 0 Å². The standard InChI is InChI=1S/C7H7BrN4S/c8-5-2-1-4(13-5)3-6-10-7(9)12-11-6/h1-2H,3H2,(H3,9,10,11,12). The molecule has 0 radical (unpaired) electrons. The second kappa shape index (κ2) is 3.47. The number of H-pyrrole nitrogens is 1. The highest BCUT2D eigenvalue weighted by molar-refractivity contribution is 9.11. The molecule has 0 unspecified atom stereocenters. The van der Waals surface area contributed by atoms with E-state index in [1.807, 2.05) is 12.1 Å². The monoisotopic (exact) mass is 258 g/mol. The van der Waals surface area contributed by atoms with Crippen molar-refractivity contribution >= 4 is 33.2 Å². The Morgan fingerprint density at radius 2 is 2.38 bits per heavy atom. The molecule has 6 heteroatoms. The number of nitrogens with one attached hydrogen (secondary N) is 1. The van der Waals surface area contributed by atoms with Crippen molar-refractivity contribution in [3.8, 4) is 0 Å². The van der Waals surface area contributed by atoms with Gasteiger partial charge < -0.3 is 5.73 Å². The molecule has 0 aliphatic carbocycles. The summed E-state index contributed by atoms with van der Waals surface area (Å²) in [7, 11) is 0. The molecule has 0 fully saturated rings. The summed E-state index contributed by atoms with van der Waals surface area (Å²) in [5.74, 6) is 1.09. The van der Waals surface area contributed by atoms with Crippen LogP contribution in [0.25, 0.3) is 0 Å². The van der Waals surface area contributed by atoms with Crippen LogP contribution < -0.4 is 5.73 Å². The molecule has 68 valence electrons. The fraction of sp³-hybridized carbons (Fsp3) is 0.143. The lowest BCUT2D eigenvalue weighted by molar-refractivity contribution is 0.984. The van der Waals surface area contributed by atoms with E-state index in [1.54, 1.807) is 11.3 Å². The molecule has 0 atom stereocenters. The van der Waals surface area contributed by atoms with E-state index in [1.165, 1.54) is 4.88 Å². The van der Waals surface area contributed by atoms with Gasteiger partial charge in [-0.05, 0) is 28.1 Å². The Kier molecular flexibility index (Phi) is 2.32. The molecule has 0 saturated carbocycles. The molecule has 0 spiro atoms. The first-order chi connectivity index (χ1) is 6.24. The summed E-state index contributed by atoms with van der Waals surface area (Å²) >= 11 is 5.08. The maximum atomic E-state index is 5.38. The lowest BCUT2D eigenvalue weighted by Gasteiger charge is -1.89. The van der Waals surface area contributed by atoms with Gasteiger partial charge in [0.05, 0.1) is 3.79 Å². The molecule has 2 aromatic rings. The van der Waals surface area contributed by atoms with Gasteiger partial charge in [0, 0.05) is 11.3 Å². The fourth-order valence-electron chi connectivity index (χ4n) is 1.00. The van der Waals surface area contributed by atoms with E-state index < -0.39 is 0 Å². The van der Waals surface area contributed by atoms with E-state index in [0.29, 0.717) is 5.95 Å². The number of anilines is 1. The second-order valence-electron chi connectivity index (χ2n) is 2.52. The molecule has 0 aromatic carbocycles. The van der Waals surface area contributed by atoms with Gasteiger partial charge in [0.2, 0.25) is 5.95 Å². The summed E-state index contributed by atoms with van der Waals surface area (Å²) in [6.07, 6.45) is 0.750. The van der Waals surface area contributed by atoms with Crippen LogP contribution in [-0.4, -0.2) is 15.2 Å². The smallest absolute Gasteiger partial charge is 0.239 e. The summed E-state index contributed by atoms with van der Waals surface area (Å²) in [5, 5.41) is 6.52. The molecule has 0 amide bonds. The Morgan fingerprint density at radius 1 is 1.54 bits per heavy atom. The number of thiophene rings is 1. The summed E-state index contributed by atoms with van der Waals surface area (Å²) in [4.78, 5) is 5.24. The Hall–Kier alpha value is -0.880. The molecule has 0 aliphatic heterocycles. The van der Waals surface area contributed by atoms with E-state index >= 15 is 0 Å². The number of nitrogens with two attached hydrogens (primary N) is 1. The van der Waals surface area contributed by atoms with Gasteiger partial charge >= 0.3 is 0 Å². The lowest BCUT2D eigenvalue weighted by Crippen LogP contribution is -1.88. The van der Waals surface area contributed by atoms with Crippen molar-refractivity contribution < 1.29 is 0 Å². The number of nitrogen functional groups attached to an aromatic ring is 1. The number of rotatable bonds is 2. The van der Waals surface area contributed by atoms with Crippen LogP contribution in [0, 0.1) is 0 Å². The second-order valence-corrected chi connectivity index (χ2v) is 5.07. The van der Waals surface area contributed by atoms with Gasteiger partial charge in [-0.1, -0.05) is 0 Å². The van der Waals surface area contributed by atoms with Crippen LogP contribution in [0.15, 0.2) is 15.9 Å². The minimum atomic E-state index is 0.297. The van der Waals surface area contributed by atoms with Gasteiger partial charge in [-0.15, -0.1) is 16.4 Å². The number of halogens is 1. The van der Waals surface area contributed by atoms with E-state index in [0.717, 1.165) is 16.0 Å². The predicted molar refractivity (Wildman–Crippen MR) is 55.6 cm³/mol. The quantitative estimate of drug-likeness (QED) is 0.864. The third kappa shape index (κ3) is 2.07. The van der Waals surface area contributed by atoms with Gasteiger partial charge in [-0.3, -0.25) is 5.10 Å². The Labute approximate surface area is 87.3 Å². The summed E-state index contributed by atoms with van der Waals surface area (Å²) in [6.45, 7) is 0. The molecule has 0 saturated heterocycles. The van der Waals surface area contributed by atoms with Crippen LogP contribution in [0.1, 0.15) is 10.7 Å². The zero-order chi connectivity index (χ0) is 9.26. The van der Waals surface area contributed by atoms with Crippen LogP contribution in [0.2, 0.25) is 0 Å². The van der Waals surface area contributed by atoms with Gasteiger partial charge in [-0.25, -0.2) is 0 Å². The Morgan fingerprint density at radius 3 is 2.92 bits per heavy atom. The summed E-state index contributed by atoms with van der Waals surface area (Å²) in [6, 6.07) is 4.06. The molecule has 0 aliphatic rings. The molecular weight excluding hydrogens is 252 g/mol. The van der Waals surface area contributed by atoms with Crippen molar-refractivity contribution in [1.82, 2.24) is 15.2 Å². The first-order valence-electron chi connectivity index (χ1n) is 3.65. The molecule has 2 heterocycles. The molecule has 2 rings (SSSR count). The topological polar surface area (TPSA) is 67.6 Å². The zero-order valence-corrected chi connectivity index (χ0v) is 9.02. The lowest BCUT2D eigenvalue weighted by atomic mass is 10.3. The largest absolute Gasteiger partial charge is 0.367 e. The molecule has 2 aromatic heterocycles. The van der Waals surface area contributed by atoms with Gasteiger partial charge in [0.1, 0.15) is 5.82 Å². The van der Waals surface area contributed by atoms with Gasteiger partial charge in [0.25, 0.3) is 0 Å². The van der Waals surface area contributed by atoms with Crippen molar-refractivity contribution in [3.63, 3.8) is 0 Å².